The summed E-state index contributed by atoms with van der Waals surface area (Å²) in [7, 11) is 0. The number of carbonyl (C=O) groups is 1. The van der Waals surface area contributed by atoms with Crippen molar-refractivity contribution < 1.29 is 19.5 Å². The number of nitrogens with one attached hydrogen (secondary N) is 1. The molecule has 3 N–H and O–H groups in total. The number of nitrogens with zero attached hydrogens (tertiary/aromatic N) is 1. The van der Waals surface area contributed by atoms with Gasteiger partial charge in [0.25, 0.3) is 5.91 Å². The molecule has 8 heteroatoms. The number of carbonyl (C=O) groups excluding carboxylic acids is 1. The minimum Gasteiger partial charge on any atom is -0.508 e. The first-order chi connectivity index (χ1) is 15.4. The van der Waals surface area contributed by atoms with Crippen LogP contribution < -0.4 is 10.9 Å². The number of aliphatic hydroxyl groups is 1. The number of thioether (sulfide) groups is 1. The number of aromatic hydroxyl groups is 1. The van der Waals surface area contributed by atoms with E-state index in [1.807, 2.05) is 0 Å². The van der Waals surface area contributed by atoms with E-state index in [9.17, 15) is 19.8 Å². The van der Waals surface area contributed by atoms with Crippen molar-refractivity contribution in [2.24, 2.45) is 5.92 Å². The second kappa shape index (κ2) is 9.07. The maximum atomic E-state index is 13.3. The molecular formula is C24H22N2O5S. The zero-order valence-corrected chi connectivity index (χ0v) is 18.2. The van der Waals surface area contributed by atoms with Crippen LogP contribution in [0.5, 0.6) is 5.75 Å². The van der Waals surface area contributed by atoms with E-state index in [1.54, 1.807) is 49.0 Å². The Morgan fingerprint density at radius 1 is 1.19 bits per heavy atom. The van der Waals surface area contributed by atoms with E-state index in [2.05, 4.69) is 22.3 Å². The highest BCUT2D eigenvalue weighted by Crippen LogP contribution is 2.33. The number of hydrogen-bond acceptors (Lipinski definition) is 7. The Labute approximate surface area is 188 Å². The number of phenols is 1. The van der Waals surface area contributed by atoms with Crippen LogP contribution in [0.25, 0.3) is 10.8 Å². The first kappa shape index (κ1) is 21.9. The minimum absolute atomic E-state index is 0.114. The van der Waals surface area contributed by atoms with Crippen LogP contribution in [0, 0.1) is 24.7 Å². The molecule has 2 aromatic carbocycles. The molecule has 1 aromatic heterocycles. The number of amides is 1. The number of rotatable bonds is 3. The van der Waals surface area contributed by atoms with Crippen LogP contribution >= 0.6 is 11.8 Å². The molecule has 1 aliphatic heterocycles. The number of anilines is 1. The lowest BCUT2D eigenvalue weighted by molar-refractivity contribution is -0.133. The Morgan fingerprint density at radius 3 is 2.62 bits per heavy atom. The molecule has 1 saturated heterocycles. The van der Waals surface area contributed by atoms with Crippen LogP contribution in [0.1, 0.15) is 24.1 Å². The quantitative estimate of drug-likeness (QED) is 0.526. The Bertz CT molecular complexity index is 1270. The SMILES string of the molecule is Cc1noc(=O)c2ccc(NC(=O)C(O)(C#Cc3ccc(O)cc3)C3CCSCC3)cc12. The summed E-state index contributed by atoms with van der Waals surface area (Å²) < 4.78 is 4.74. The van der Waals surface area contributed by atoms with Crippen molar-refractivity contribution in [3.05, 3.63) is 64.1 Å². The normalized spacial score (nSPS) is 16.1. The van der Waals surface area contributed by atoms with Crippen molar-refractivity contribution in [3.63, 3.8) is 0 Å². The van der Waals surface area contributed by atoms with Gasteiger partial charge in [0, 0.05) is 22.6 Å². The van der Waals surface area contributed by atoms with Gasteiger partial charge in [0.05, 0.1) is 11.1 Å². The Balaban J connectivity index is 1.67. The monoisotopic (exact) mass is 450 g/mol. The Kier molecular flexibility index (Phi) is 6.21. The zero-order valence-electron chi connectivity index (χ0n) is 17.4. The summed E-state index contributed by atoms with van der Waals surface area (Å²) >= 11 is 1.79. The molecule has 0 aliphatic carbocycles. The van der Waals surface area contributed by atoms with Crippen LogP contribution in [0.4, 0.5) is 5.69 Å². The molecule has 1 fully saturated rings. The maximum Gasteiger partial charge on any atom is 0.366 e. The fourth-order valence-corrected chi connectivity index (χ4v) is 4.81. The molecule has 0 spiro atoms. The van der Waals surface area contributed by atoms with E-state index in [0.717, 1.165) is 11.5 Å². The Morgan fingerprint density at radius 2 is 1.91 bits per heavy atom. The molecule has 7 nitrogen and oxygen atoms in total. The second-order valence-electron chi connectivity index (χ2n) is 7.72. The predicted octanol–water partition coefficient (Wildman–Crippen LogP) is 3.07. The average molecular weight is 451 g/mol. The number of fused-ring (bicyclic) bond motifs is 1. The van der Waals surface area contributed by atoms with Gasteiger partial charge in [-0.25, -0.2) is 4.79 Å². The van der Waals surface area contributed by atoms with Crippen LogP contribution in [-0.2, 0) is 4.79 Å². The van der Waals surface area contributed by atoms with Crippen LogP contribution in [0.2, 0.25) is 0 Å². The van der Waals surface area contributed by atoms with Crippen LogP contribution in [-0.4, -0.2) is 38.4 Å². The van der Waals surface area contributed by atoms with E-state index < -0.39 is 17.1 Å². The van der Waals surface area contributed by atoms with Gasteiger partial charge in [-0.05, 0) is 73.7 Å². The van der Waals surface area contributed by atoms with Crippen LogP contribution in [0.3, 0.4) is 0 Å². The molecule has 1 aliphatic rings. The van der Waals surface area contributed by atoms with Crippen molar-refractivity contribution in [2.75, 3.05) is 16.8 Å². The molecule has 1 unspecified atom stereocenters. The van der Waals surface area contributed by atoms with Gasteiger partial charge in [-0.3, -0.25) is 4.79 Å². The first-order valence-electron chi connectivity index (χ1n) is 10.2. The van der Waals surface area contributed by atoms with Crippen molar-refractivity contribution in [3.8, 4) is 17.6 Å². The van der Waals surface area contributed by atoms with E-state index in [-0.39, 0.29) is 11.7 Å². The number of hydrogen-bond donors (Lipinski definition) is 3. The second-order valence-corrected chi connectivity index (χ2v) is 8.94. The third kappa shape index (κ3) is 4.49. The van der Waals surface area contributed by atoms with E-state index in [0.29, 0.717) is 40.6 Å². The van der Waals surface area contributed by atoms with Gasteiger partial charge in [0.15, 0.2) is 0 Å². The van der Waals surface area contributed by atoms with Gasteiger partial charge in [-0.15, -0.1) is 0 Å². The Hall–Kier alpha value is -3.28. The van der Waals surface area contributed by atoms with Crippen LogP contribution in [0.15, 0.2) is 51.8 Å². The van der Waals surface area contributed by atoms with Gasteiger partial charge in [-0.1, -0.05) is 17.0 Å². The molecule has 1 amide bonds. The number of benzene rings is 2. The highest BCUT2D eigenvalue weighted by atomic mass is 32.2. The molecule has 4 rings (SSSR count). The highest BCUT2D eigenvalue weighted by molar-refractivity contribution is 7.99. The molecule has 1 atom stereocenters. The van der Waals surface area contributed by atoms with Gasteiger partial charge >= 0.3 is 5.63 Å². The third-order valence-electron chi connectivity index (χ3n) is 5.58. The molecule has 164 valence electrons. The lowest BCUT2D eigenvalue weighted by atomic mass is 9.82. The summed E-state index contributed by atoms with van der Waals surface area (Å²) in [5, 5.41) is 28.3. The highest BCUT2D eigenvalue weighted by Gasteiger charge is 2.43. The lowest BCUT2D eigenvalue weighted by Gasteiger charge is -2.33. The number of aryl methyl sites for hydroxylation is 1. The molecule has 0 saturated carbocycles. The fraction of sp³-hybridized carbons (Fsp3) is 0.292. The number of phenolic OH excluding ortho intramolecular Hbond substituents is 1. The topological polar surface area (TPSA) is 113 Å². The van der Waals surface area contributed by atoms with Gasteiger partial charge in [-0.2, -0.15) is 11.8 Å². The zero-order chi connectivity index (χ0) is 22.7. The molecule has 3 aromatic rings. The summed E-state index contributed by atoms with van der Waals surface area (Å²) in [5.74, 6) is 6.56. The third-order valence-corrected chi connectivity index (χ3v) is 6.62. The molecule has 0 bridgehead atoms. The largest absolute Gasteiger partial charge is 0.508 e. The van der Waals surface area contributed by atoms with Crippen molar-refractivity contribution in [1.82, 2.24) is 5.16 Å². The molecule has 0 radical (unpaired) electrons. The lowest BCUT2D eigenvalue weighted by Crippen LogP contribution is -2.49. The fourth-order valence-electron chi connectivity index (χ4n) is 3.71. The number of aromatic nitrogens is 1. The van der Waals surface area contributed by atoms with Gasteiger partial charge in [0.2, 0.25) is 5.60 Å². The molecule has 32 heavy (non-hydrogen) atoms. The van der Waals surface area contributed by atoms with Gasteiger partial charge < -0.3 is 20.1 Å². The summed E-state index contributed by atoms with van der Waals surface area (Å²) in [6.07, 6.45) is 1.33. The average Bonchev–Trinajstić information content (AvgIpc) is 2.81. The molecule has 2 heterocycles. The predicted molar refractivity (Wildman–Crippen MR) is 124 cm³/mol. The van der Waals surface area contributed by atoms with E-state index >= 15 is 0 Å². The first-order valence-corrected chi connectivity index (χ1v) is 11.4. The van der Waals surface area contributed by atoms with Crippen molar-refractivity contribution in [2.45, 2.75) is 25.4 Å². The summed E-state index contributed by atoms with van der Waals surface area (Å²) in [6.45, 7) is 1.70. The molecular weight excluding hydrogens is 428 g/mol. The summed E-state index contributed by atoms with van der Waals surface area (Å²) in [5.41, 5.74) is -0.926. The van der Waals surface area contributed by atoms with Gasteiger partial charge in [0.1, 0.15) is 5.75 Å². The standard InChI is InChI=1S/C24H22N2O5S/c1-15-21-14-18(4-7-20(21)22(28)31-26-15)25-23(29)24(30,17-9-12-32-13-10-17)11-8-16-2-5-19(27)6-3-16/h2-7,14,17,27,30H,9-10,12-13H2,1H3,(H,25,29). The summed E-state index contributed by atoms with van der Waals surface area (Å²) in [4.78, 5) is 25.2. The van der Waals surface area contributed by atoms with E-state index in [1.165, 1.54) is 12.1 Å². The maximum absolute atomic E-state index is 13.3. The summed E-state index contributed by atoms with van der Waals surface area (Å²) in [6, 6.07) is 11.0. The van der Waals surface area contributed by atoms with Crippen molar-refractivity contribution >= 4 is 34.1 Å². The van der Waals surface area contributed by atoms with Crippen molar-refractivity contribution in [1.29, 1.82) is 0 Å². The van der Waals surface area contributed by atoms with E-state index in [4.69, 9.17) is 4.52 Å². The smallest absolute Gasteiger partial charge is 0.366 e. The minimum atomic E-state index is -1.89.